The maximum absolute atomic E-state index is 12.2. The van der Waals surface area contributed by atoms with Gasteiger partial charge in [-0.1, -0.05) is 0 Å². The van der Waals surface area contributed by atoms with E-state index in [-0.39, 0.29) is 24.9 Å². The fraction of sp³-hybridized carbons (Fsp3) is 0.600. The van der Waals surface area contributed by atoms with Crippen LogP contribution in [0.25, 0.3) is 0 Å². The first kappa shape index (κ1) is 11.9. The molecule has 0 radical (unpaired) electrons. The molecule has 7 heteroatoms. The normalized spacial score (nSPS) is 15.9. The summed E-state index contributed by atoms with van der Waals surface area (Å²) < 4.78 is 37.8. The number of amides is 1. The van der Waals surface area contributed by atoms with Crippen molar-refractivity contribution in [3.63, 3.8) is 0 Å². The molecule has 0 aromatic carbocycles. The summed E-state index contributed by atoms with van der Waals surface area (Å²) in [6.07, 6.45) is -1.07. The van der Waals surface area contributed by atoms with E-state index in [1.165, 1.54) is 6.20 Å². The monoisotopic (exact) mass is 247 g/mol. The number of aromatic nitrogens is 2. The molecular formula is C10H12F3N3O. The van der Waals surface area contributed by atoms with E-state index in [4.69, 9.17) is 0 Å². The van der Waals surface area contributed by atoms with Crippen LogP contribution < -0.4 is 5.32 Å². The second-order valence-corrected chi connectivity index (χ2v) is 4.05. The molecule has 1 N–H and O–H groups in total. The number of hydrogen-bond donors (Lipinski definition) is 1. The summed E-state index contributed by atoms with van der Waals surface area (Å²) in [7, 11) is 0. The molecule has 2 rings (SSSR count). The average molecular weight is 247 g/mol. The highest BCUT2D eigenvalue weighted by Crippen LogP contribution is 2.27. The molecule has 1 heterocycles. The van der Waals surface area contributed by atoms with Gasteiger partial charge in [-0.05, 0) is 18.9 Å². The first-order chi connectivity index (χ1) is 7.95. The predicted octanol–water partition coefficient (Wildman–Crippen LogP) is 1.57. The second-order valence-electron chi connectivity index (χ2n) is 4.05. The van der Waals surface area contributed by atoms with Crippen LogP contribution in [0.3, 0.4) is 0 Å². The number of alkyl halides is 3. The Bertz CT molecular complexity index is 409. The summed E-state index contributed by atoms with van der Waals surface area (Å²) in [5.74, 6) is -0.142. The first-order valence-electron chi connectivity index (χ1n) is 5.35. The van der Waals surface area contributed by atoms with Crippen LogP contribution in [0.2, 0.25) is 0 Å². The number of halogens is 3. The second kappa shape index (κ2) is 4.38. The zero-order valence-corrected chi connectivity index (χ0v) is 9.00. The molecule has 0 spiro atoms. The summed E-state index contributed by atoms with van der Waals surface area (Å²) in [4.78, 5) is 11.3. The van der Waals surface area contributed by atoms with Gasteiger partial charge in [-0.2, -0.15) is 18.3 Å². The van der Waals surface area contributed by atoms with Crippen LogP contribution in [-0.4, -0.2) is 21.7 Å². The number of rotatable bonds is 4. The average Bonchev–Trinajstić information content (AvgIpc) is 2.90. The van der Waals surface area contributed by atoms with E-state index >= 15 is 0 Å². The fourth-order valence-electron chi connectivity index (χ4n) is 1.38. The molecule has 1 aliphatic rings. The van der Waals surface area contributed by atoms with Gasteiger partial charge in [-0.3, -0.25) is 9.48 Å². The fourth-order valence-corrected chi connectivity index (χ4v) is 1.38. The number of carbonyl (C=O) groups is 1. The largest absolute Gasteiger partial charge is 0.435 e. The van der Waals surface area contributed by atoms with Crippen LogP contribution in [0.4, 0.5) is 13.2 Å². The van der Waals surface area contributed by atoms with Gasteiger partial charge in [0, 0.05) is 25.2 Å². The van der Waals surface area contributed by atoms with Crippen LogP contribution in [0.15, 0.2) is 12.3 Å². The third kappa shape index (κ3) is 3.47. The van der Waals surface area contributed by atoms with Gasteiger partial charge in [0.1, 0.15) is 0 Å². The zero-order valence-electron chi connectivity index (χ0n) is 9.00. The summed E-state index contributed by atoms with van der Waals surface area (Å²) in [6.45, 7) is 0.161. The minimum absolute atomic E-state index is 0.142. The molecule has 17 heavy (non-hydrogen) atoms. The van der Waals surface area contributed by atoms with Crippen molar-refractivity contribution in [2.24, 2.45) is 0 Å². The van der Waals surface area contributed by atoms with E-state index in [1.807, 2.05) is 0 Å². The number of hydrogen-bond acceptors (Lipinski definition) is 2. The summed E-state index contributed by atoms with van der Waals surface area (Å²) in [6, 6.07) is 1.17. The standard InChI is InChI=1S/C10H12F3N3O/c11-10(12,13)8-3-5-16(15-8)6-4-9(17)14-7-1-2-7/h3,5,7H,1-2,4,6H2,(H,14,17). The van der Waals surface area contributed by atoms with Crippen molar-refractivity contribution < 1.29 is 18.0 Å². The highest BCUT2D eigenvalue weighted by Gasteiger charge is 2.33. The maximum atomic E-state index is 12.2. The van der Waals surface area contributed by atoms with Crippen LogP contribution in [0.5, 0.6) is 0 Å². The zero-order chi connectivity index (χ0) is 12.5. The maximum Gasteiger partial charge on any atom is 0.435 e. The van der Waals surface area contributed by atoms with E-state index < -0.39 is 11.9 Å². The highest BCUT2D eigenvalue weighted by molar-refractivity contribution is 5.76. The molecule has 1 amide bonds. The number of aryl methyl sites for hydroxylation is 1. The van der Waals surface area contributed by atoms with Crippen LogP contribution in [0.1, 0.15) is 25.0 Å². The molecule has 1 aromatic heterocycles. The summed E-state index contributed by atoms with van der Waals surface area (Å²) in [5.41, 5.74) is -0.930. The van der Waals surface area contributed by atoms with Crippen LogP contribution in [0, 0.1) is 0 Å². The van der Waals surface area contributed by atoms with E-state index in [1.54, 1.807) is 0 Å². The summed E-state index contributed by atoms with van der Waals surface area (Å²) in [5, 5.41) is 6.12. The Labute approximate surface area is 95.8 Å². The van der Waals surface area contributed by atoms with Crippen molar-refractivity contribution in [1.29, 1.82) is 0 Å². The number of carbonyl (C=O) groups excluding carboxylic acids is 1. The Hall–Kier alpha value is -1.53. The van der Waals surface area contributed by atoms with Crippen LogP contribution in [-0.2, 0) is 17.5 Å². The third-order valence-corrected chi connectivity index (χ3v) is 2.44. The van der Waals surface area contributed by atoms with Crippen molar-refractivity contribution in [3.05, 3.63) is 18.0 Å². The molecule has 1 fully saturated rings. The molecule has 0 atom stereocenters. The lowest BCUT2D eigenvalue weighted by Crippen LogP contribution is -2.26. The Morgan fingerprint density at radius 3 is 2.76 bits per heavy atom. The molecule has 0 saturated heterocycles. The molecule has 94 valence electrons. The van der Waals surface area contributed by atoms with Crippen molar-refractivity contribution in [2.45, 2.75) is 38.0 Å². The third-order valence-electron chi connectivity index (χ3n) is 2.44. The van der Waals surface area contributed by atoms with Gasteiger partial charge >= 0.3 is 6.18 Å². The van der Waals surface area contributed by atoms with E-state index in [0.717, 1.165) is 23.6 Å². The highest BCUT2D eigenvalue weighted by atomic mass is 19.4. The molecular weight excluding hydrogens is 235 g/mol. The number of nitrogens with one attached hydrogen (secondary N) is 1. The van der Waals surface area contributed by atoms with Gasteiger partial charge in [0.2, 0.25) is 5.91 Å². The van der Waals surface area contributed by atoms with Gasteiger partial charge in [0.15, 0.2) is 5.69 Å². The quantitative estimate of drug-likeness (QED) is 0.877. The van der Waals surface area contributed by atoms with Crippen molar-refractivity contribution in [3.8, 4) is 0 Å². The number of nitrogens with zero attached hydrogens (tertiary/aromatic N) is 2. The van der Waals surface area contributed by atoms with Gasteiger partial charge in [-0.15, -0.1) is 0 Å². The lowest BCUT2D eigenvalue weighted by atomic mass is 10.4. The molecule has 1 aromatic rings. The SMILES string of the molecule is O=C(CCn1ccc(C(F)(F)F)n1)NC1CC1. The Kier molecular flexibility index (Phi) is 3.08. The Morgan fingerprint density at radius 1 is 1.53 bits per heavy atom. The van der Waals surface area contributed by atoms with E-state index in [0.29, 0.717) is 0 Å². The Balaban J connectivity index is 1.82. The van der Waals surface area contributed by atoms with Crippen molar-refractivity contribution in [2.75, 3.05) is 0 Å². The first-order valence-corrected chi connectivity index (χ1v) is 5.35. The molecule has 1 saturated carbocycles. The van der Waals surface area contributed by atoms with Crippen molar-refractivity contribution in [1.82, 2.24) is 15.1 Å². The van der Waals surface area contributed by atoms with E-state index in [2.05, 4.69) is 10.4 Å². The van der Waals surface area contributed by atoms with Gasteiger partial charge in [0.25, 0.3) is 0 Å². The van der Waals surface area contributed by atoms with Gasteiger partial charge < -0.3 is 5.32 Å². The van der Waals surface area contributed by atoms with Crippen molar-refractivity contribution >= 4 is 5.91 Å². The van der Waals surface area contributed by atoms with Gasteiger partial charge in [-0.25, -0.2) is 0 Å². The van der Waals surface area contributed by atoms with Crippen LogP contribution >= 0.6 is 0 Å². The lowest BCUT2D eigenvalue weighted by Gasteiger charge is -2.04. The van der Waals surface area contributed by atoms with E-state index in [9.17, 15) is 18.0 Å². The Morgan fingerprint density at radius 2 is 2.24 bits per heavy atom. The summed E-state index contributed by atoms with van der Waals surface area (Å²) >= 11 is 0. The molecule has 0 bridgehead atoms. The minimum Gasteiger partial charge on any atom is -0.353 e. The molecule has 4 nitrogen and oxygen atoms in total. The molecule has 1 aliphatic carbocycles. The molecule has 0 aliphatic heterocycles. The van der Waals surface area contributed by atoms with Gasteiger partial charge in [0.05, 0.1) is 0 Å². The lowest BCUT2D eigenvalue weighted by molar-refractivity contribution is -0.141. The predicted molar refractivity (Wildman–Crippen MR) is 53.0 cm³/mol. The topological polar surface area (TPSA) is 46.9 Å². The minimum atomic E-state index is -4.43. The smallest absolute Gasteiger partial charge is 0.353 e. The molecule has 0 unspecified atom stereocenters.